The normalized spacial score (nSPS) is 17.0. The van der Waals surface area contributed by atoms with Gasteiger partial charge in [0, 0.05) is 18.5 Å². The number of hydrogen-bond donors (Lipinski definition) is 1. The highest BCUT2D eigenvalue weighted by atomic mass is 32.2. The van der Waals surface area contributed by atoms with E-state index in [-0.39, 0.29) is 10.7 Å². The molecule has 1 aliphatic rings. The first-order valence-corrected chi connectivity index (χ1v) is 8.57. The Morgan fingerprint density at radius 2 is 1.50 bits per heavy atom. The molecule has 2 aromatic carbocycles. The third-order valence-corrected chi connectivity index (χ3v) is 5.08. The second kappa shape index (κ2) is 6.57. The van der Waals surface area contributed by atoms with Gasteiger partial charge in [0.1, 0.15) is 0 Å². The fraction of sp³-hybridized carbons (Fsp3) is 0.316. The molecule has 3 heteroatoms. The van der Waals surface area contributed by atoms with E-state index >= 15 is 0 Å². The van der Waals surface area contributed by atoms with Crippen molar-refractivity contribution in [1.29, 1.82) is 0 Å². The predicted molar refractivity (Wildman–Crippen MR) is 96.4 cm³/mol. The van der Waals surface area contributed by atoms with Gasteiger partial charge in [0.25, 0.3) is 0 Å². The van der Waals surface area contributed by atoms with Gasteiger partial charge in [-0.3, -0.25) is 4.99 Å². The fourth-order valence-corrected chi connectivity index (χ4v) is 3.59. The van der Waals surface area contributed by atoms with E-state index in [0.29, 0.717) is 0 Å². The number of aliphatic imine (C=N–C) groups is 1. The van der Waals surface area contributed by atoms with Crippen molar-refractivity contribution in [2.45, 2.75) is 19.1 Å². The Balaban J connectivity index is 1.86. The minimum atomic E-state index is 0.249. The maximum absolute atomic E-state index is 4.74. The largest absolute Gasteiger partial charge is 0.364 e. The second-order valence-electron chi connectivity index (χ2n) is 6.46. The number of hydrogen-bond acceptors (Lipinski definition) is 3. The Kier molecular flexibility index (Phi) is 4.53. The Morgan fingerprint density at radius 1 is 0.955 bits per heavy atom. The monoisotopic (exact) mass is 310 g/mol. The summed E-state index contributed by atoms with van der Waals surface area (Å²) in [5.41, 5.74) is 2.88. The molecule has 0 bridgehead atoms. The predicted octanol–water partition coefficient (Wildman–Crippen LogP) is 4.49. The lowest BCUT2D eigenvalue weighted by Crippen LogP contribution is -2.39. The molecule has 0 spiro atoms. The van der Waals surface area contributed by atoms with Crippen molar-refractivity contribution in [2.24, 2.45) is 10.4 Å². The van der Waals surface area contributed by atoms with E-state index in [1.165, 1.54) is 11.1 Å². The number of benzene rings is 2. The standard InChI is InChI=1S/C19H22N2S/c1-19(2)13-20-18(21-14-19)22-17(15-9-5-3-6-10-15)16-11-7-4-8-12-16/h3-12,17H,13-14H2,1-2H3,(H,20,21). The SMILES string of the molecule is CC1(C)CN=C(SC(c2ccccc2)c2ccccc2)NC1. The van der Waals surface area contributed by atoms with Crippen LogP contribution in [0.3, 0.4) is 0 Å². The summed E-state index contributed by atoms with van der Waals surface area (Å²) in [6.45, 7) is 6.36. The topological polar surface area (TPSA) is 24.4 Å². The summed E-state index contributed by atoms with van der Waals surface area (Å²) in [5, 5.41) is 4.82. The van der Waals surface area contributed by atoms with E-state index in [1.54, 1.807) is 0 Å². The van der Waals surface area contributed by atoms with E-state index in [2.05, 4.69) is 79.8 Å². The van der Waals surface area contributed by atoms with E-state index < -0.39 is 0 Å². The van der Waals surface area contributed by atoms with Crippen LogP contribution in [0.4, 0.5) is 0 Å². The lowest BCUT2D eigenvalue weighted by Gasteiger charge is -2.30. The zero-order valence-corrected chi connectivity index (χ0v) is 13.9. The van der Waals surface area contributed by atoms with Crippen LogP contribution >= 0.6 is 11.8 Å². The van der Waals surface area contributed by atoms with Gasteiger partial charge in [0.2, 0.25) is 0 Å². The molecule has 0 saturated carbocycles. The number of thioether (sulfide) groups is 1. The summed E-state index contributed by atoms with van der Waals surface area (Å²) in [5.74, 6) is 0. The summed E-state index contributed by atoms with van der Waals surface area (Å²) in [7, 11) is 0. The molecule has 2 nitrogen and oxygen atoms in total. The molecule has 0 atom stereocenters. The molecular formula is C19H22N2S. The third kappa shape index (κ3) is 3.72. The summed E-state index contributed by atoms with van der Waals surface area (Å²) >= 11 is 1.81. The number of nitrogens with one attached hydrogen (secondary N) is 1. The van der Waals surface area contributed by atoms with Gasteiger partial charge in [0.05, 0.1) is 5.25 Å². The van der Waals surface area contributed by atoms with Crippen molar-refractivity contribution in [1.82, 2.24) is 5.32 Å². The summed E-state index contributed by atoms with van der Waals surface area (Å²) < 4.78 is 0. The van der Waals surface area contributed by atoms with Crippen LogP contribution in [-0.4, -0.2) is 18.3 Å². The highest BCUT2D eigenvalue weighted by molar-refractivity contribution is 8.14. The first-order valence-electron chi connectivity index (χ1n) is 7.69. The summed E-state index contributed by atoms with van der Waals surface area (Å²) in [6, 6.07) is 21.3. The number of amidine groups is 1. The average molecular weight is 310 g/mol. The first kappa shape index (κ1) is 15.2. The van der Waals surface area contributed by atoms with Gasteiger partial charge in [-0.15, -0.1) is 0 Å². The maximum atomic E-state index is 4.74. The molecule has 0 amide bonds. The quantitative estimate of drug-likeness (QED) is 0.903. The Labute approximate surface area is 137 Å². The lowest BCUT2D eigenvalue weighted by molar-refractivity contribution is 0.364. The average Bonchev–Trinajstić information content (AvgIpc) is 2.55. The number of rotatable bonds is 3. The molecule has 1 N–H and O–H groups in total. The first-order chi connectivity index (χ1) is 10.6. The minimum Gasteiger partial charge on any atom is -0.364 e. The van der Waals surface area contributed by atoms with Crippen molar-refractivity contribution < 1.29 is 0 Å². The molecule has 114 valence electrons. The fourth-order valence-electron chi connectivity index (χ4n) is 2.49. The highest BCUT2D eigenvalue weighted by Crippen LogP contribution is 2.36. The number of nitrogens with zero attached hydrogens (tertiary/aromatic N) is 1. The molecule has 22 heavy (non-hydrogen) atoms. The van der Waals surface area contributed by atoms with Crippen LogP contribution in [0.25, 0.3) is 0 Å². The van der Waals surface area contributed by atoms with E-state index in [1.807, 2.05) is 11.8 Å². The molecule has 1 heterocycles. The molecule has 2 aromatic rings. The van der Waals surface area contributed by atoms with Crippen molar-refractivity contribution in [3.8, 4) is 0 Å². The van der Waals surface area contributed by atoms with Crippen LogP contribution in [0.5, 0.6) is 0 Å². The van der Waals surface area contributed by atoms with Crippen LogP contribution in [0, 0.1) is 5.41 Å². The van der Waals surface area contributed by atoms with Crippen molar-refractivity contribution in [3.63, 3.8) is 0 Å². The summed E-state index contributed by atoms with van der Waals surface area (Å²) in [4.78, 5) is 4.74. The zero-order valence-electron chi connectivity index (χ0n) is 13.1. The third-order valence-electron chi connectivity index (χ3n) is 3.80. The van der Waals surface area contributed by atoms with Gasteiger partial charge < -0.3 is 5.32 Å². The van der Waals surface area contributed by atoms with Gasteiger partial charge in [0.15, 0.2) is 5.17 Å². The molecule has 0 fully saturated rings. The molecule has 0 unspecified atom stereocenters. The van der Waals surface area contributed by atoms with E-state index in [9.17, 15) is 0 Å². The van der Waals surface area contributed by atoms with Crippen molar-refractivity contribution in [3.05, 3.63) is 71.8 Å². The minimum absolute atomic E-state index is 0.249. The molecule has 1 aliphatic heterocycles. The molecule has 0 aromatic heterocycles. The molecule has 0 saturated heterocycles. The Morgan fingerprint density at radius 3 is 1.95 bits per heavy atom. The van der Waals surface area contributed by atoms with E-state index in [0.717, 1.165) is 18.3 Å². The molecular weight excluding hydrogens is 288 g/mol. The van der Waals surface area contributed by atoms with Gasteiger partial charge in [-0.25, -0.2) is 0 Å². The maximum Gasteiger partial charge on any atom is 0.157 e. The van der Waals surface area contributed by atoms with Gasteiger partial charge in [-0.2, -0.15) is 0 Å². The highest BCUT2D eigenvalue weighted by Gasteiger charge is 2.25. The zero-order chi connectivity index (χ0) is 15.4. The summed E-state index contributed by atoms with van der Waals surface area (Å²) in [6.07, 6.45) is 0. The van der Waals surface area contributed by atoms with Crippen LogP contribution < -0.4 is 5.32 Å². The van der Waals surface area contributed by atoms with Crippen LogP contribution in [0.1, 0.15) is 30.2 Å². The van der Waals surface area contributed by atoms with Crippen LogP contribution in [0.15, 0.2) is 65.7 Å². The van der Waals surface area contributed by atoms with Crippen LogP contribution in [-0.2, 0) is 0 Å². The molecule has 3 rings (SSSR count). The van der Waals surface area contributed by atoms with Crippen molar-refractivity contribution >= 4 is 16.9 Å². The Bertz CT molecular complexity index is 595. The lowest BCUT2D eigenvalue weighted by atomic mass is 9.93. The second-order valence-corrected chi connectivity index (χ2v) is 7.55. The smallest absolute Gasteiger partial charge is 0.157 e. The Hall–Kier alpha value is -1.74. The molecule has 0 radical (unpaired) electrons. The van der Waals surface area contributed by atoms with Gasteiger partial charge in [-0.1, -0.05) is 86.3 Å². The van der Waals surface area contributed by atoms with Gasteiger partial charge >= 0.3 is 0 Å². The van der Waals surface area contributed by atoms with Crippen molar-refractivity contribution in [2.75, 3.05) is 13.1 Å². The molecule has 0 aliphatic carbocycles. The van der Waals surface area contributed by atoms with Crippen LogP contribution in [0.2, 0.25) is 0 Å². The van der Waals surface area contributed by atoms with E-state index in [4.69, 9.17) is 4.99 Å². The van der Waals surface area contributed by atoms with Gasteiger partial charge in [-0.05, 0) is 11.1 Å².